The van der Waals surface area contributed by atoms with Crippen LogP contribution in [0.15, 0.2) is 48.8 Å². The Morgan fingerprint density at radius 3 is 1.49 bits per heavy atom. The molecule has 0 unspecified atom stereocenters. The molecule has 6 rings (SSSR count). The summed E-state index contributed by atoms with van der Waals surface area (Å²) < 4.78 is 0. The number of rotatable bonds is 12. The molecule has 4 aliphatic rings. The van der Waals surface area contributed by atoms with Crippen molar-refractivity contribution in [3.05, 3.63) is 60.2 Å². The quantitative estimate of drug-likeness (QED) is 0.280. The van der Waals surface area contributed by atoms with Crippen LogP contribution < -0.4 is 16.8 Å². The predicted molar refractivity (Wildman–Crippen MR) is 214 cm³/mol. The first-order chi connectivity index (χ1) is 25.8. The molecule has 0 radical (unpaired) electrons. The van der Waals surface area contributed by atoms with Gasteiger partial charge in [-0.05, 0) is 120 Å². The molecular weight excluding hydrogens is 693 g/mol. The zero-order valence-electron chi connectivity index (χ0n) is 34.5. The van der Waals surface area contributed by atoms with E-state index in [1.54, 1.807) is 0 Å². The maximum Gasteiger partial charge on any atom is 0.223 e. The molecule has 55 heavy (non-hydrogen) atoms. The Bertz CT molecular complexity index is 1660. The van der Waals surface area contributed by atoms with Crippen LogP contribution in [-0.4, -0.2) is 95.6 Å². The minimum atomic E-state index is -0.582. The van der Waals surface area contributed by atoms with Crippen LogP contribution in [0.1, 0.15) is 116 Å². The van der Waals surface area contributed by atoms with Crippen molar-refractivity contribution in [2.45, 2.75) is 116 Å². The molecule has 0 bridgehead atoms. The molecule has 5 N–H and O–H groups in total. The fraction of sp³-hybridized carbons (Fsp3) is 0.674. The molecule has 2 saturated carbocycles. The highest BCUT2D eigenvalue weighted by molar-refractivity contribution is 5.82. The molecular formula is C43H66N8O4. The number of hydrogen-bond donors (Lipinski definition) is 3. The number of nitrogens with zero attached hydrogens (tertiary/aromatic N) is 5. The van der Waals surface area contributed by atoms with Gasteiger partial charge in [-0.25, -0.2) is 0 Å². The second-order valence-corrected chi connectivity index (χ2v) is 18.7. The van der Waals surface area contributed by atoms with E-state index in [2.05, 4.69) is 52.5 Å². The lowest BCUT2D eigenvalue weighted by Crippen LogP contribution is -2.48. The van der Waals surface area contributed by atoms with Crippen LogP contribution in [-0.2, 0) is 30.3 Å². The van der Waals surface area contributed by atoms with Gasteiger partial charge in [0.25, 0.3) is 0 Å². The fourth-order valence-electron chi connectivity index (χ4n) is 9.37. The number of likely N-dealkylation sites (tertiary alicyclic amines) is 2. The van der Waals surface area contributed by atoms with Gasteiger partial charge in [0.1, 0.15) is 0 Å². The van der Waals surface area contributed by atoms with Gasteiger partial charge in [-0.2, -0.15) is 0 Å². The molecule has 4 amide bonds. The first kappa shape index (κ1) is 42.2. The first-order valence-corrected chi connectivity index (χ1v) is 20.2. The third-order valence-corrected chi connectivity index (χ3v) is 14.1. The van der Waals surface area contributed by atoms with E-state index in [1.807, 2.05) is 75.1 Å². The summed E-state index contributed by atoms with van der Waals surface area (Å²) in [6, 6.07) is 12.2. The summed E-state index contributed by atoms with van der Waals surface area (Å²) >= 11 is 0. The number of carbonyl (C=O) groups excluding carboxylic acids is 4. The number of carbonyl (C=O) groups is 4. The number of pyridine rings is 2. The van der Waals surface area contributed by atoms with E-state index in [4.69, 9.17) is 11.5 Å². The number of hydrogen-bond acceptors (Lipinski definition) is 8. The van der Waals surface area contributed by atoms with Crippen molar-refractivity contribution >= 4 is 23.6 Å². The number of amides is 4. The summed E-state index contributed by atoms with van der Waals surface area (Å²) in [4.78, 5) is 63.9. The van der Waals surface area contributed by atoms with Crippen molar-refractivity contribution in [2.24, 2.45) is 33.1 Å². The average molecular weight is 759 g/mol. The molecule has 0 aromatic carbocycles. The van der Waals surface area contributed by atoms with Crippen molar-refractivity contribution in [2.75, 3.05) is 47.3 Å². The standard InChI is InChI=1S/C22H34N4O2.C21H32N4O2/c1-20(2,19(23)28)12-14-26-16-21(15-18(26)27)8-10-22(11-9-21,25(3)4)17-7-5-6-13-24-17;1-19(2,18(22)27)11-13-25-15-20(14-17(25)26)7-9-21(23-3,10-8-20)16-6-4-5-12-24-16/h5-7,13H,8-12,14-16H2,1-4H3,(H2,23,28);4-6,12,23H,7-11,13-15H2,1-3H3,(H2,22,27). The Labute approximate surface area is 328 Å². The summed E-state index contributed by atoms with van der Waals surface area (Å²) in [5.41, 5.74) is 12.0. The fourth-order valence-corrected chi connectivity index (χ4v) is 9.37. The van der Waals surface area contributed by atoms with Gasteiger partial charge < -0.3 is 26.6 Å². The Kier molecular flexibility index (Phi) is 12.5. The lowest BCUT2D eigenvalue weighted by atomic mass is 9.65. The van der Waals surface area contributed by atoms with Gasteiger partial charge in [-0.1, -0.05) is 39.8 Å². The van der Waals surface area contributed by atoms with E-state index in [1.165, 1.54) is 0 Å². The SMILES string of the molecule is CN(C)C1(c2ccccn2)CCC2(CC1)CC(=O)N(CCC(C)(C)C(N)=O)C2.CNC1(c2ccccn2)CCC2(CC1)CC(=O)N(CCC(C)(C)C(N)=O)C2. The van der Waals surface area contributed by atoms with E-state index < -0.39 is 10.8 Å². The van der Waals surface area contributed by atoms with Crippen LogP contribution in [0.25, 0.3) is 0 Å². The Morgan fingerprint density at radius 2 is 1.13 bits per heavy atom. The first-order valence-electron chi connectivity index (χ1n) is 20.2. The number of aromatic nitrogens is 2. The predicted octanol–water partition coefficient (Wildman–Crippen LogP) is 4.72. The molecule has 2 saturated heterocycles. The molecule has 2 spiro atoms. The summed E-state index contributed by atoms with van der Waals surface area (Å²) in [6.45, 7) is 10.2. The van der Waals surface area contributed by atoms with Crippen LogP contribution in [0.4, 0.5) is 0 Å². The minimum Gasteiger partial charge on any atom is -0.369 e. The third-order valence-electron chi connectivity index (χ3n) is 14.1. The topological polar surface area (TPSA) is 168 Å². The highest BCUT2D eigenvalue weighted by atomic mass is 16.2. The van der Waals surface area contributed by atoms with E-state index in [-0.39, 0.29) is 45.5 Å². The van der Waals surface area contributed by atoms with E-state index >= 15 is 0 Å². The smallest absolute Gasteiger partial charge is 0.223 e. The zero-order chi connectivity index (χ0) is 40.3. The van der Waals surface area contributed by atoms with Gasteiger partial charge in [-0.3, -0.25) is 34.0 Å². The van der Waals surface area contributed by atoms with Crippen molar-refractivity contribution in [3.8, 4) is 0 Å². The Balaban J connectivity index is 0.000000211. The van der Waals surface area contributed by atoms with Crippen molar-refractivity contribution in [1.29, 1.82) is 0 Å². The number of primary amides is 2. The third kappa shape index (κ3) is 9.06. The van der Waals surface area contributed by atoms with E-state index in [9.17, 15) is 19.2 Å². The highest BCUT2D eigenvalue weighted by Gasteiger charge is 2.51. The van der Waals surface area contributed by atoms with Crippen LogP contribution in [0.5, 0.6) is 0 Å². The largest absolute Gasteiger partial charge is 0.369 e. The van der Waals surface area contributed by atoms with Gasteiger partial charge in [0, 0.05) is 62.2 Å². The second-order valence-electron chi connectivity index (χ2n) is 18.7. The Morgan fingerprint density at radius 1 is 0.709 bits per heavy atom. The summed E-state index contributed by atoms with van der Waals surface area (Å²) in [5, 5.41) is 3.51. The molecule has 2 aliphatic carbocycles. The molecule has 2 aromatic rings. The molecule has 4 fully saturated rings. The van der Waals surface area contributed by atoms with Gasteiger partial charge >= 0.3 is 0 Å². The molecule has 302 valence electrons. The van der Waals surface area contributed by atoms with Crippen LogP contribution in [0.2, 0.25) is 0 Å². The minimum absolute atomic E-state index is 0.0578. The zero-order valence-corrected chi connectivity index (χ0v) is 34.5. The van der Waals surface area contributed by atoms with Crippen molar-refractivity contribution in [1.82, 2.24) is 30.0 Å². The maximum atomic E-state index is 12.7. The van der Waals surface area contributed by atoms with Crippen molar-refractivity contribution < 1.29 is 19.2 Å². The van der Waals surface area contributed by atoms with Gasteiger partial charge in [0.05, 0.1) is 22.5 Å². The van der Waals surface area contributed by atoms with Crippen molar-refractivity contribution in [3.63, 3.8) is 0 Å². The maximum absolute atomic E-state index is 12.7. The molecule has 2 aromatic heterocycles. The monoisotopic (exact) mass is 759 g/mol. The normalized spacial score (nSPS) is 28.5. The summed E-state index contributed by atoms with van der Waals surface area (Å²) in [6.07, 6.45) is 14.2. The lowest BCUT2D eigenvalue weighted by Gasteiger charge is -2.48. The van der Waals surface area contributed by atoms with E-state index in [0.29, 0.717) is 38.8 Å². The van der Waals surface area contributed by atoms with Crippen LogP contribution in [0.3, 0.4) is 0 Å². The van der Waals surface area contributed by atoms with Gasteiger partial charge in [-0.15, -0.1) is 0 Å². The number of nitrogens with one attached hydrogen (secondary N) is 1. The Hall–Kier alpha value is -3.90. The second kappa shape index (κ2) is 16.3. The molecule has 4 heterocycles. The van der Waals surface area contributed by atoms with Crippen LogP contribution in [0, 0.1) is 21.7 Å². The van der Waals surface area contributed by atoms with Gasteiger partial charge in [0.2, 0.25) is 23.6 Å². The van der Waals surface area contributed by atoms with Crippen LogP contribution >= 0.6 is 0 Å². The molecule has 12 nitrogen and oxygen atoms in total. The molecule has 2 aliphatic heterocycles. The highest BCUT2D eigenvalue weighted by Crippen LogP contribution is 2.52. The summed E-state index contributed by atoms with van der Waals surface area (Å²) in [5.74, 6) is -0.186. The number of nitrogens with two attached hydrogens (primary N) is 2. The lowest BCUT2D eigenvalue weighted by molar-refractivity contribution is -0.130. The summed E-state index contributed by atoms with van der Waals surface area (Å²) in [7, 11) is 6.26. The van der Waals surface area contributed by atoms with Gasteiger partial charge in [0.15, 0.2) is 0 Å². The average Bonchev–Trinajstić information content (AvgIpc) is 3.65. The molecule has 0 atom stereocenters. The molecule has 12 heteroatoms. The van der Waals surface area contributed by atoms with E-state index in [0.717, 1.165) is 75.8 Å².